The van der Waals surface area contributed by atoms with Crippen LogP contribution in [0, 0.1) is 5.92 Å². The summed E-state index contributed by atoms with van der Waals surface area (Å²) in [5.74, 6) is 0.586. The highest BCUT2D eigenvalue weighted by molar-refractivity contribution is 7.89. The van der Waals surface area contributed by atoms with E-state index in [1.807, 2.05) is 0 Å². The number of nitrogens with zero attached hydrogens (tertiary/aromatic N) is 2. The first-order valence-electron chi connectivity index (χ1n) is 5.72. The minimum absolute atomic E-state index is 0.0189. The molecule has 0 aromatic carbocycles. The van der Waals surface area contributed by atoms with Crippen molar-refractivity contribution in [1.29, 1.82) is 0 Å². The van der Waals surface area contributed by atoms with Crippen LogP contribution in [-0.4, -0.2) is 30.8 Å². The number of rotatable bonds is 2. The summed E-state index contributed by atoms with van der Waals surface area (Å²) in [6.45, 7) is 3.25. The number of nitrogen functional groups attached to an aromatic ring is 1. The SMILES string of the molecule is CC1CCN(S(=O)(=O)c2ncccc2N)CC1. The van der Waals surface area contributed by atoms with Gasteiger partial charge >= 0.3 is 0 Å². The molecule has 0 bridgehead atoms. The van der Waals surface area contributed by atoms with Crippen LogP contribution < -0.4 is 5.73 Å². The number of piperidine rings is 1. The predicted octanol–water partition coefficient (Wildman–Crippen LogP) is 1.08. The predicted molar refractivity (Wildman–Crippen MR) is 65.8 cm³/mol. The van der Waals surface area contributed by atoms with Gasteiger partial charge < -0.3 is 5.73 Å². The molecule has 1 saturated heterocycles. The van der Waals surface area contributed by atoms with Crippen LogP contribution in [0.2, 0.25) is 0 Å². The van der Waals surface area contributed by atoms with E-state index in [1.54, 1.807) is 12.1 Å². The number of hydrogen-bond donors (Lipinski definition) is 1. The Morgan fingerprint density at radius 3 is 2.65 bits per heavy atom. The lowest BCUT2D eigenvalue weighted by molar-refractivity contribution is 0.287. The van der Waals surface area contributed by atoms with E-state index in [2.05, 4.69) is 11.9 Å². The largest absolute Gasteiger partial charge is 0.396 e. The Balaban J connectivity index is 2.28. The third-order valence-electron chi connectivity index (χ3n) is 3.13. The molecule has 0 atom stereocenters. The smallest absolute Gasteiger partial charge is 0.262 e. The highest BCUT2D eigenvalue weighted by atomic mass is 32.2. The lowest BCUT2D eigenvalue weighted by atomic mass is 10.0. The Morgan fingerprint density at radius 1 is 1.41 bits per heavy atom. The Labute approximate surface area is 102 Å². The molecule has 0 unspecified atom stereocenters. The van der Waals surface area contributed by atoms with Crippen molar-refractivity contribution >= 4 is 15.7 Å². The van der Waals surface area contributed by atoms with E-state index in [0.717, 1.165) is 12.8 Å². The second-order valence-electron chi connectivity index (χ2n) is 4.48. The Kier molecular flexibility index (Phi) is 3.35. The fourth-order valence-corrected chi connectivity index (χ4v) is 3.46. The van der Waals surface area contributed by atoms with Gasteiger partial charge in [-0.25, -0.2) is 13.4 Å². The molecule has 0 aliphatic carbocycles. The fourth-order valence-electron chi connectivity index (χ4n) is 1.97. The van der Waals surface area contributed by atoms with E-state index in [0.29, 0.717) is 19.0 Å². The van der Waals surface area contributed by atoms with Crippen molar-refractivity contribution in [2.24, 2.45) is 5.92 Å². The summed E-state index contributed by atoms with van der Waals surface area (Å²) in [5.41, 5.74) is 5.89. The lowest BCUT2D eigenvalue weighted by Crippen LogP contribution is -2.38. The van der Waals surface area contributed by atoms with Crippen molar-refractivity contribution in [3.05, 3.63) is 18.3 Å². The highest BCUT2D eigenvalue weighted by Gasteiger charge is 2.30. The quantitative estimate of drug-likeness (QED) is 0.858. The number of pyridine rings is 1. The molecular weight excluding hydrogens is 238 g/mol. The monoisotopic (exact) mass is 255 g/mol. The molecule has 94 valence electrons. The maximum Gasteiger partial charge on any atom is 0.262 e. The molecule has 0 spiro atoms. The summed E-state index contributed by atoms with van der Waals surface area (Å²) in [6.07, 6.45) is 3.24. The van der Waals surface area contributed by atoms with E-state index in [9.17, 15) is 8.42 Å². The molecule has 0 amide bonds. The molecule has 17 heavy (non-hydrogen) atoms. The van der Waals surface area contributed by atoms with Crippen LogP contribution in [0.3, 0.4) is 0 Å². The summed E-state index contributed by atoms with van der Waals surface area (Å²) in [5, 5.41) is -0.0189. The normalized spacial score (nSPS) is 19.4. The van der Waals surface area contributed by atoms with E-state index in [4.69, 9.17) is 5.73 Å². The zero-order chi connectivity index (χ0) is 12.5. The van der Waals surface area contributed by atoms with Crippen molar-refractivity contribution in [3.8, 4) is 0 Å². The van der Waals surface area contributed by atoms with Gasteiger partial charge in [-0.2, -0.15) is 4.31 Å². The summed E-state index contributed by atoms with van der Waals surface area (Å²) >= 11 is 0. The molecule has 1 fully saturated rings. The zero-order valence-corrected chi connectivity index (χ0v) is 10.7. The summed E-state index contributed by atoms with van der Waals surface area (Å²) in [6, 6.07) is 3.19. The Hall–Kier alpha value is -1.14. The van der Waals surface area contributed by atoms with Gasteiger partial charge in [-0.3, -0.25) is 0 Å². The van der Waals surface area contributed by atoms with Crippen LogP contribution in [0.4, 0.5) is 5.69 Å². The maximum atomic E-state index is 12.3. The Bertz CT molecular complexity index is 493. The molecular formula is C11H17N3O2S. The van der Waals surface area contributed by atoms with Gasteiger partial charge in [0.2, 0.25) is 0 Å². The van der Waals surface area contributed by atoms with Crippen LogP contribution in [0.5, 0.6) is 0 Å². The molecule has 1 aliphatic heterocycles. The van der Waals surface area contributed by atoms with Gasteiger partial charge in [-0.05, 0) is 30.9 Å². The van der Waals surface area contributed by atoms with Crippen LogP contribution in [0.1, 0.15) is 19.8 Å². The number of aromatic nitrogens is 1. The number of hydrogen-bond acceptors (Lipinski definition) is 4. The molecule has 0 saturated carbocycles. The molecule has 6 heteroatoms. The zero-order valence-electron chi connectivity index (χ0n) is 9.83. The second-order valence-corrected chi connectivity index (χ2v) is 6.34. The van der Waals surface area contributed by atoms with Gasteiger partial charge in [0.05, 0.1) is 5.69 Å². The Morgan fingerprint density at radius 2 is 2.06 bits per heavy atom. The minimum atomic E-state index is -3.52. The molecule has 2 N–H and O–H groups in total. The third-order valence-corrected chi connectivity index (χ3v) is 5.00. The molecule has 1 aliphatic rings. The second kappa shape index (κ2) is 4.62. The topological polar surface area (TPSA) is 76.3 Å². The third kappa shape index (κ3) is 2.42. The maximum absolute atomic E-state index is 12.3. The molecule has 5 nitrogen and oxygen atoms in total. The minimum Gasteiger partial charge on any atom is -0.396 e. The fraction of sp³-hybridized carbons (Fsp3) is 0.545. The van der Waals surface area contributed by atoms with E-state index in [1.165, 1.54) is 10.5 Å². The number of sulfonamides is 1. The first kappa shape index (κ1) is 12.3. The first-order chi connectivity index (χ1) is 8.01. The van der Waals surface area contributed by atoms with E-state index < -0.39 is 10.0 Å². The van der Waals surface area contributed by atoms with Gasteiger partial charge in [-0.1, -0.05) is 6.92 Å². The van der Waals surface area contributed by atoms with Crippen LogP contribution in [0.25, 0.3) is 0 Å². The summed E-state index contributed by atoms with van der Waals surface area (Å²) in [4.78, 5) is 3.89. The summed E-state index contributed by atoms with van der Waals surface area (Å²) < 4.78 is 26.1. The molecule has 0 radical (unpaired) electrons. The van der Waals surface area contributed by atoms with Gasteiger partial charge in [-0.15, -0.1) is 0 Å². The van der Waals surface area contributed by atoms with E-state index in [-0.39, 0.29) is 10.7 Å². The number of anilines is 1. The first-order valence-corrected chi connectivity index (χ1v) is 7.16. The average Bonchev–Trinajstić information content (AvgIpc) is 2.30. The van der Waals surface area contributed by atoms with Crippen molar-refractivity contribution in [2.75, 3.05) is 18.8 Å². The van der Waals surface area contributed by atoms with Gasteiger partial charge in [0, 0.05) is 19.3 Å². The van der Waals surface area contributed by atoms with Gasteiger partial charge in [0.1, 0.15) is 0 Å². The van der Waals surface area contributed by atoms with Gasteiger partial charge in [0.15, 0.2) is 5.03 Å². The summed E-state index contributed by atoms with van der Waals surface area (Å²) in [7, 11) is -3.52. The van der Waals surface area contributed by atoms with Crippen molar-refractivity contribution in [3.63, 3.8) is 0 Å². The van der Waals surface area contributed by atoms with Crippen molar-refractivity contribution in [1.82, 2.24) is 9.29 Å². The highest BCUT2D eigenvalue weighted by Crippen LogP contribution is 2.24. The van der Waals surface area contributed by atoms with Gasteiger partial charge in [0.25, 0.3) is 10.0 Å². The van der Waals surface area contributed by atoms with Crippen LogP contribution >= 0.6 is 0 Å². The van der Waals surface area contributed by atoms with Crippen molar-refractivity contribution in [2.45, 2.75) is 24.8 Å². The van der Waals surface area contributed by atoms with Crippen molar-refractivity contribution < 1.29 is 8.42 Å². The molecule has 2 rings (SSSR count). The van der Waals surface area contributed by atoms with Crippen LogP contribution in [-0.2, 0) is 10.0 Å². The van der Waals surface area contributed by atoms with E-state index >= 15 is 0 Å². The molecule has 2 heterocycles. The lowest BCUT2D eigenvalue weighted by Gasteiger charge is -2.29. The van der Waals surface area contributed by atoms with Crippen LogP contribution in [0.15, 0.2) is 23.4 Å². The average molecular weight is 255 g/mol. The molecule has 1 aromatic heterocycles. The molecule has 1 aromatic rings. The number of nitrogens with two attached hydrogens (primary N) is 1. The standard InChI is InChI=1S/C11H17N3O2S/c1-9-4-7-14(8-5-9)17(15,16)11-10(12)3-2-6-13-11/h2-3,6,9H,4-5,7-8,12H2,1H3.